The van der Waals surface area contributed by atoms with Crippen molar-refractivity contribution in [1.29, 1.82) is 0 Å². The van der Waals surface area contributed by atoms with E-state index in [1.165, 1.54) is 12.1 Å². The third kappa shape index (κ3) is 4.63. The van der Waals surface area contributed by atoms with Crippen LogP contribution in [0.4, 0.5) is 4.79 Å². The highest BCUT2D eigenvalue weighted by molar-refractivity contribution is 5.84. The molecule has 35 heavy (non-hydrogen) atoms. The van der Waals surface area contributed by atoms with Crippen LogP contribution >= 0.6 is 0 Å². The van der Waals surface area contributed by atoms with E-state index in [0.717, 1.165) is 22.3 Å². The van der Waals surface area contributed by atoms with E-state index in [9.17, 15) is 14.4 Å². The Morgan fingerprint density at radius 1 is 0.971 bits per heavy atom. The van der Waals surface area contributed by atoms with Crippen molar-refractivity contribution >= 4 is 18.0 Å². The summed E-state index contributed by atoms with van der Waals surface area (Å²) in [5.41, 5.74) is 4.52. The van der Waals surface area contributed by atoms with Crippen molar-refractivity contribution in [1.82, 2.24) is 10.6 Å². The maximum Gasteiger partial charge on any atom is 0.407 e. The van der Waals surface area contributed by atoms with Crippen molar-refractivity contribution in [2.24, 2.45) is 0 Å². The van der Waals surface area contributed by atoms with Gasteiger partial charge >= 0.3 is 12.1 Å². The van der Waals surface area contributed by atoms with Crippen LogP contribution in [-0.4, -0.2) is 48.4 Å². The van der Waals surface area contributed by atoms with Crippen LogP contribution in [0.5, 0.6) is 0 Å². The molecule has 1 aliphatic heterocycles. The topological polar surface area (TPSA) is 127 Å². The van der Waals surface area contributed by atoms with E-state index in [1.807, 2.05) is 36.4 Å². The minimum absolute atomic E-state index is 0.00361. The molecule has 2 amide bonds. The fraction of sp³-hybridized carbons (Fsp3) is 0.269. The molecule has 1 fully saturated rings. The average molecular weight is 476 g/mol. The molecule has 2 aromatic carbocycles. The van der Waals surface area contributed by atoms with Crippen molar-refractivity contribution in [3.05, 3.63) is 83.3 Å². The van der Waals surface area contributed by atoms with Crippen LogP contribution in [0.1, 0.15) is 39.8 Å². The third-order valence-corrected chi connectivity index (χ3v) is 6.31. The lowest BCUT2D eigenvalue weighted by atomic mass is 9.98. The number of carboxylic acids is 1. The van der Waals surface area contributed by atoms with Gasteiger partial charge < -0.3 is 29.6 Å². The number of hydrogen-bond acceptors (Lipinski definition) is 6. The molecular weight excluding hydrogens is 452 g/mol. The number of furan rings is 1. The van der Waals surface area contributed by atoms with Crippen LogP contribution in [0.3, 0.4) is 0 Å². The molecule has 3 N–H and O–H groups in total. The van der Waals surface area contributed by atoms with Crippen LogP contribution in [0, 0.1) is 0 Å². The Bertz CT molecular complexity index is 1220. The molecule has 0 saturated carbocycles. The smallest absolute Gasteiger partial charge is 0.407 e. The molecule has 1 aliphatic carbocycles. The van der Waals surface area contributed by atoms with Crippen molar-refractivity contribution in [2.75, 3.05) is 13.2 Å². The minimum atomic E-state index is -1.19. The zero-order chi connectivity index (χ0) is 24.4. The molecular formula is C26H24N2O7. The fourth-order valence-electron chi connectivity index (χ4n) is 4.65. The maximum atomic E-state index is 12.6. The number of fused-ring (bicyclic) bond motifs is 3. The molecule has 9 heteroatoms. The summed E-state index contributed by atoms with van der Waals surface area (Å²) < 4.78 is 16.2. The highest BCUT2D eigenvalue weighted by Crippen LogP contribution is 2.44. The van der Waals surface area contributed by atoms with Gasteiger partial charge in [-0.2, -0.15) is 0 Å². The summed E-state index contributed by atoms with van der Waals surface area (Å²) >= 11 is 0. The summed E-state index contributed by atoms with van der Waals surface area (Å²) in [4.78, 5) is 36.1. The van der Waals surface area contributed by atoms with E-state index in [-0.39, 0.29) is 24.8 Å². The number of benzene rings is 2. The maximum absolute atomic E-state index is 12.6. The van der Waals surface area contributed by atoms with Crippen LogP contribution < -0.4 is 10.6 Å². The Labute approximate surface area is 201 Å². The van der Waals surface area contributed by atoms with Gasteiger partial charge in [0, 0.05) is 12.5 Å². The van der Waals surface area contributed by atoms with Gasteiger partial charge in [0.05, 0.1) is 12.6 Å². The lowest BCUT2D eigenvalue weighted by Gasteiger charge is -2.20. The molecule has 1 saturated heterocycles. The molecule has 5 rings (SSSR count). The molecule has 3 aromatic rings. The number of carbonyl (C=O) groups is 3. The highest BCUT2D eigenvalue weighted by Gasteiger charge is 2.36. The SMILES string of the molecule is O=C(N[C@@H]1CCO[C@@H]1C(=O)NCc1ccc(C(=O)O)o1)OCC1c2ccccc2-c2ccccc21. The second-order valence-electron chi connectivity index (χ2n) is 8.45. The predicted molar refractivity (Wildman–Crippen MR) is 124 cm³/mol. The number of alkyl carbamates (subject to hydrolysis) is 1. The fourth-order valence-corrected chi connectivity index (χ4v) is 4.65. The Morgan fingerprint density at radius 3 is 2.31 bits per heavy atom. The number of carbonyl (C=O) groups excluding carboxylic acids is 2. The molecule has 0 radical (unpaired) electrons. The van der Waals surface area contributed by atoms with Gasteiger partial charge in [-0.3, -0.25) is 4.79 Å². The number of rotatable bonds is 7. The first-order chi connectivity index (χ1) is 17.0. The standard InChI is InChI=1S/C26H24N2O7/c29-24(27-13-15-9-10-22(35-15)25(30)31)23-21(11-12-33-23)28-26(32)34-14-20-18-7-3-1-5-16(18)17-6-2-4-8-19(17)20/h1-10,20-21,23H,11-14H2,(H,27,29)(H,28,32)(H,30,31)/t21-,23+/m1/s1. The first kappa shape index (κ1) is 22.7. The van der Waals surface area contributed by atoms with E-state index >= 15 is 0 Å². The summed E-state index contributed by atoms with van der Waals surface area (Å²) in [6.45, 7) is 0.495. The quantitative estimate of drug-likeness (QED) is 0.478. The van der Waals surface area contributed by atoms with Gasteiger partial charge in [-0.25, -0.2) is 9.59 Å². The Balaban J connectivity index is 1.16. The first-order valence-corrected chi connectivity index (χ1v) is 11.3. The van der Waals surface area contributed by atoms with Crippen LogP contribution in [0.15, 0.2) is 65.1 Å². The van der Waals surface area contributed by atoms with Gasteiger partial charge in [-0.15, -0.1) is 0 Å². The van der Waals surface area contributed by atoms with Gasteiger partial charge in [-0.05, 0) is 40.8 Å². The molecule has 9 nitrogen and oxygen atoms in total. The Hall–Kier alpha value is -4.11. The second-order valence-corrected chi connectivity index (χ2v) is 8.45. The van der Waals surface area contributed by atoms with Crippen LogP contribution in [-0.2, 0) is 20.8 Å². The van der Waals surface area contributed by atoms with E-state index < -0.39 is 30.1 Å². The zero-order valence-electron chi connectivity index (χ0n) is 18.7. The molecule has 2 atom stereocenters. The lowest BCUT2D eigenvalue weighted by Crippen LogP contribution is -2.48. The summed E-state index contributed by atoms with van der Waals surface area (Å²) in [7, 11) is 0. The number of aromatic carboxylic acids is 1. The number of nitrogens with one attached hydrogen (secondary N) is 2. The summed E-state index contributed by atoms with van der Waals surface area (Å²) in [6, 6.07) is 18.4. The van der Waals surface area contributed by atoms with E-state index in [2.05, 4.69) is 22.8 Å². The van der Waals surface area contributed by atoms with Gasteiger partial charge in [0.15, 0.2) is 6.10 Å². The van der Waals surface area contributed by atoms with Crippen molar-refractivity contribution in [3.8, 4) is 11.1 Å². The molecule has 0 bridgehead atoms. The lowest BCUT2D eigenvalue weighted by molar-refractivity contribution is -0.131. The van der Waals surface area contributed by atoms with Crippen LogP contribution in [0.2, 0.25) is 0 Å². The first-order valence-electron chi connectivity index (χ1n) is 11.3. The summed E-state index contributed by atoms with van der Waals surface area (Å²) in [5, 5.41) is 14.3. The minimum Gasteiger partial charge on any atom is -0.475 e. The van der Waals surface area contributed by atoms with Gasteiger partial charge in [0.1, 0.15) is 12.4 Å². The monoisotopic (exact) mass is 476 g/mol. The largest absolute Gasteiger partial charge is 0.475 e. The van der Waals surface area contributed by atoms with Crippen molar-refractivity contribution < 1.29 is 33.4 Å². The number of carboxylic acid groups (broad SMARTS) is 1. The third-order valence-electron chi connectivity index (χ3n) is 6.31. The van der Waals surface area contributed by atoms with Gasteiger partial charge in [0.25, 0.3) is 5.91 Å². The van der Waals surface area contributed by atoms with Crippen LogP contribution in [0.25, 0.3) is 11.1 Å². The molecule has 0 unspecified atom stereocenters. The second kappa shape index (κ2) is 9.63. The number of hydrogen-bond donors (Lipinski definition) is 3. The molecule has 1 aromatic heterocycles. The van der Waals surface area contributed by atoms with Crippen molar-refractivity contribution in [2.45, 2.75) is 31.0 Å². The number of amides is 2. The van der Waals surface area contributed by atoms with Gasteiger partial charge in [0.2, 0.25) is 5.76 Å². The van der Waals surface area contributed by atoms with E-state index in [0.29, 0.717) is 18.8 Å². The Kier molecular flexibility index (Phi) is 6.24. The van der Waals surface area contributed by atoms with E-state index in [4.69, 9.17) is 19.0 Å². The average Bonchev–Trinajstić information content (AvgIpc) is 3.59. The van der Waals surface area contributed by atoms with Gasteiger partial charge in [-0.1, -0.05) is 48.5 Å². The summed E-state index contributed by atoms with van der Waals surface area (Å²) in [5.74, 6) is -1.58. The summed E-state index contributed by atoms with van der Waals surface area (Å²) in [6.07, 6.45) is -1.03. The molecule has 2 aliphatic rings. The predicted octanol–water partition coefficient (Wildman–Crippen LogP) is 3.29. The van der Waals surface area contributed by atoms with E-state index in [1.54, 1.807) is 0 Å². The normalized spacial score (nSPS) is 18.5. The molecule has 2 heterocycles. The highest BCUT2D eigenvalue weighted by atomic mass is 16.6. The zero-order valence-corrected chi connectivity index (χ0v) is 18.7. The molecule has 180 valence electrons. The Morgan fingerprint density at radius 2 is 1.66 bits per heavy atom. The van der Waals surface area contributed by atoms with Crippen molar-refractivity contribution in [3.63, 3.8) is 0 Å². The molecule has 0 spiro atoms. The number of ether oxygens (including phenoxy) is 2.